The Kier molecular flexibility index (Phi) is 3.69. The van der Waals surface area contributed by atoms with Gasteiger partial charge in [-0.1, -0.05) is 45.8 Å². The van der Waals surface area contributed by atoms with Crippen LogP contribution in [-0.2, 0) is 0 Å². The van der Waals surface area contributed by atoms with Gasteiger partial charge in [-0.25, -0.2) is 9.67 Å². The van der Waals surface area contributed by atoms with Crippen molar-refractivity contribution < 1.29 is 0 Å². The Labute approximate surface area is 149 Å². The molecule has 4 aromatic rings. The van der Waals surface area contributed by atoms with Crippen LogP contribution < -0.4 is 0 Å². The summed E-state index contributed by atoms with van der Waals surface area (Å²) < 4.78 is 3.00. The van der Waals surface area contributed by atoms with Crippen LogP contribution in [0.2, 0.25) is 0 Å². The first kappa shape index (κ1) is 15.1. The summed E-state index contributed by atoms with van der Waals surface area (Å²) in [5.41, 5.74) is 6.45. The topological polar surface area (TPSA) is 30.7 Å². The fraction of sp³-hybridized carbons (Fsp3) is 0.100. The lowest BCUT2D eigenvalue weighted by molar-refractivity contribution is 0.877. The molecule has 0 aliphatic rings. The van der Waals surface area contributed by atoms with E-state index in [1.165, 1.54) is 5.56 Å². The first-order valence-corrected chi connectivity index (χ1v) is 8.60. The Morgan fingerprint density at radius 1 is 0.875 bits per heavy atom. The standard InChI is InChI=1S/C20H16BrN3/c1-13-3-9-17(10-4-13)24-20-19(14(2)23-24)18(11-12-22-20)15-5-7-16(21)8-6-15/h3-12H,1-2H3. The molecule has 0 fully saturated rings. The summed E-state index contributed by atoms with van der Waals surface area (Å²) in [4.78, 5) is 4.60. The van der Waals surface area contributed by atoms with Gasteiger partial charge in [-0.3, -0.25) is 0 Å². The number of rotatable bonds is 2. The van der Waals surface area contributed by atoms with Gasteiger partial charge in [-0.05, 0) is 55.3 Å². The van der Waals surface area contributed by atoms with Crippen molar-refractivity contribution in [3.63, 3.8) is 0 Å². The second-order valence-electron chi connectivity index (χ2n) is 5.90. The summed E-state index contributed by atoms with van der Waals surface area (Å²) in [6.07, 6.45) is 1.85. The molecule has 2 aromatic heterocycles. The molecule has 0 atom stereocenters. The van der Waals surface area contributed by atoms with Gasteiger partial charge in [0.15, 0.2) is 5.65 Å². The molecule has 3 nitrogen and oxygen atoms in total. The van der Waals surface area contributed by atoms with E-state index in [2.05, 4.69) is 82.4 Å². The lowest BCUT2D eigenvalue weighted by Crippen LogP contribution is -1.97. The second-order valence-corrected chi connectivity index (χ2v) is 6.81. The smallest absolute Gasteiger partial charge is 0.163 e. The van der Waals surface area contributed by atoms with Gasteiger partial charge in [0.25, 0.3) is 0 Å². The normalized spacial score (nSPS) is 11.1. The maximum atomic E-state index is 4.74. The molecule has 2 heterocycles. The van der Waals surface area contributed by atoms with E-state index < -0.39 is 0 Å². The predicted octanol–water partition coefficient (Wildman–Crippen LogP) is 5.47. The fourth-order valence-corrected chi connectivity index (χ4v) is 3.22. The fourth-order valence-electron chi connectivity index (χ4n) is 2.95. The molecule has 0 amide bonds. The molecule has 0 saturated heterocycles. The van der Waals surface area contributed by atoms with E-state index in [-0.39, 0.29) is 0 Å². The summed E-state index contributed by atoms with van der Waals surface area (Å²) in [6.45, 7) is 4.12. The van der Waals surface area contributed by atoms with Crippen LogP contribution in [0.25, 0.3) is 27.8 Å². The molecule has 2 aromatic carbocycles. The van der Waals surface area contributed by atoms with Gasteiger partial charge < -0.3 is 0 Å². The van der Waals surface area contributed by atoms with Crippen molar-refractivity contribution in [2.45, 2.75) is 13.8 Å². The number of aromatic nitrogens is 3. The molecule has 0 aliphatic heterocycles. The number of benzene rings is 2. The average molecular weight is 378 g/mol. The lowest BCUT2D eigenvalue weighted by atomic mass is 10.0. The molecule has 4 rings (SSSR count). The quantitative estimate of drug-likeness (QED) is 0.463. The van der Waals surface area contributed by atoms with Crippen molar-refractivity contribution in [2.75, 3.05) is 0 Å². The Bertz CT molecular complexity index is 1020. The third kappa shape index (κ3) is 2.53. The van der Waals surface area contributed by atoms with Gasteiger partial charge in [-0.15, -0.1) is 0 Å². The molecule has 0 N–H and O–H groups in total. The molecule has 0 aliphatic carbocycles. The second kappa shape index (κ2) is 5.87. The van der Waals surface area contributed by atoms with Crippen LogP contribution in [0.4, 0.5) is 0 Å². The monoisotopic (exact) mass is 377 g/mol. The van der Waals surface area contributed by atoms with Gasteiger partial charge in [-0.2, -0.15) is 5.10 Å². The van der Waals surface area contributed by atoms with E-state index in [0.29, 0.717) is 0 Å². The molecule has 118 valence electrons. The Balaban J connectivity index is 1.95. The predicted molar refractivity (Wildman–Crippen MR) is 101 cm³/mol. The van der Waals surface area contributed by atoms with Crippen molar-refractivity contribution in [3.05, 3.63) is 76.5 Å². The van der Waals surface area contributed by atoms with Crippen molar-refractivity contribution in [2.24, 2.45) is 0 Å². The summed E-state index contributed by atoms with van der Waals surface area (Å²) in [6, 6.07) is 18.7. The van der Waals surface area contributed by atoms with Crippen LogP contribution in [0.1, 0.15) is 11.3 Å². The molecular formula is C20H16BrN3. The first-order chi connectivity index (χ1) is 11.6. The molecule has 24 heavy (non-hydrogen) atoms. The van der Waals surface area contributed by atoms with Crippen LogP contribution in [0.3, 0.4) is 0 Å². The highest BCUT2D eigenvalue weighted by molar-refractivity contribution is 9.10. The average Bonchev–Trinajstić information content (AvgIpc) is 2.94. The number of nitrogens with zero attached hydrogens (tertiary/aromatic N) is 3. The number of fused-ring (bicyclic) bond motifs is 1. The van der Waals surface area contributed by atoms with Crippen molar-refractivity contribution in [1.29, 1.82) is 0 Å². The largest absolute Gasteiger partial charge is 0.236 e. The minimum Gasteiger partial charge on any atom is -0.236 e. The molecule has 4 heteroatoms. The molecule has 0 radical (unpaired) electrons. The third-order valence-electron chi connectivity index (χ3n) is 4.18. The highest BCUT2D eigenvalue weighted by Gasteiger charge is 2.14. The number of pyridine rings is 1. The van der Waals surface area contributed by atoms with Gasteiger partial charge in [0.05, 0.1) is 16.8 Å². The van der Waals surface area contributed by atoms with E-state index in [4.69, 9.17) is 5.10 Å². The molecule has 0 saturated carbocycles. The van der Waals surface area contributed by atoms with E-state index in [1.54, 1.807) is 0 Å². The van der Waals surface area contributed by atoms with E-state index in [0.717, 1.165) is 38.0 Å². The van der Waals surface area contributed by atoms with Crippen LogP contribution in [-0.4, -0.2) is 14.8 Å². The lowest BCUT2D eigenvalue weighted by Gasteiger charge is -2.06. The molecular weight excluding hydrogens is 362 g/mol. The molecule has 0 unspecified atom stereocenters. The van der Waals surface area contributed by atoms with Gasteiger partial charge >= 0.3 is 0 Å². The van der Waals surface area contributed by atoms with E-state index in [1.807, 2.05) is 17.8 Å². The molecule has 0 spiro atoms. The maximum absolute atomic E-state index is 4.74. The highest BCUT2D eigenvalue weighted by atomic mass is 79.9. The summed E-state index contributed by atoms with van der Waals surface area (Å²) in [5, 5.41) is 5.84. The van der Waals surface area contributed by atoms with Gasteiger partial charge in [0.2, 0.25) is 0 Å². The highest BCUT2D eigenvalue weighted by Crippen LogP contribution is 2.31. The van der Waals surface area contributed by atoms with Crippen LogP contribution in [0.15, 0.2) is 65.3 Å². The first-order valence-electron chi connectivity index (χ1n) is 7.81. The Morgan fingerprint density at radius 2 is 1.58 bits per heavy atom. The van der Waals surface area contributed by atoms with Crippen molar-refractivity contribution >= 4 is 27.0 Å². The number of halogens is 1. The number of aryl methyl sites for hydroxylation is 2. The Morgan fingerprint density at radius 3 is 2.29 bits per heavy atom. The van der Waals surface area contributed by atoms with Crippen LogP contribution in [0, 0.1) is 13.8 Å². The maximum Gasteiger partial charge on any atom is 0.163 e. The minimum atomic E-state index is 0.886. The summed E-state index contributed by atoms with van der Waals surface area (Å²) in [7, 11) is 0. The van der Waals surface area contributed by atoms with Crippen molar-refractivity contribution in [1.82, 2.24) is 14.8 Å². The van der Waals surface area contributed by atoms with E-state index >= 15 is 0 Å². The Hall–Kier alpha value is -2.46. The SMILES string of the molecule is Cc1ccc(-n2nc(C)c3c(-c4ccc(Br)cc4)ccnc32)cc1. The van der Waals surface area contributed by atoms with Crippen LogP contribution in [0.5, 0.6) is 0 Å². The zero-order valence-corrected chi connectivity index (χ0v) is 15.1. The summed E-state index contributed by atoms with van der Waals surface area (Å²) in [5.74, 6) is 0. The third-order valence-corrected chi connectivity index (χ3v) is 4.71. The summed E-state index contributed by atoms with van der Waals surface area (Å²) >= 11 is 3.49. The van der Waals surface area contributed by atoms with Crippen LogP contribution >= 0.6 is 15.9 Å². The van der Waals surface area contributed by atoms with E-state index in [9.17, 15) is 0 Å². The number of hydrogen-bond donors (Lipinski definition) is 0. The zero-order valence-electron chi connectivity index (χ0n) is 13.5. The molecule has 0 bridgehead atoms. The minimum absolute atomic E-state index is 0.886. The zero-order chi connectivity index (χ0) is 16.7. The van der Waals surface area contributed by atoms with Gasteiger partial charge in [0.1, 0.15) is 0 Å². The van der Waals surface area contributed by atoms with Gasteiger partial charge in [0, 0.05) is 10.7 Å². The number of hydrogen-bond acceptors (Lipinski definition) is 2. The van der Waals surface area contributed by atoms with Crippen molar-refractivity contribution in [3.8, 4) is 16.8 Å².